The van der Waals surface area contributed by atoms with E-state index in [1.54, 1.807) is 0 Å². The van der Waals surface area contributed by atoms with Crippen LogP contribution in [0.25, 0.3) is 0 Å². The van der Waals surface area contributed by atoms with Crippen molar-refractivity contribution in [1.82, 2.24) is 15.2 Å². The number of benzene rings is 1. The van der Waals surface area contributed by atoms with E-state index in [0.717, 1.165) is 12.3 Å². The molecule has 2 saturated heterocycles. The van der Waals surface area contributed by atoms with E-state index in [-0.39, 0.29) is 35.6 Å². The molecule has 1 aromatic carbocycles. The molecular formula is C21H27ClN4O7S. The maximum atomic E-state index is 12.9. The number of amides is 3. The molecule has 0 spiro atoms. The highest BCUT2D eigenvalue weighted by molar-refractivity contribution is 7.81. The van der Waals surface area contributed by atoms with Gasteiger partial charge >= 0.3 is 0 Å². The average Bonchev–Trinajstić information content (AvgIpc) is 2.81. The van der Waals surface area contributed by atoms with Crippen molar-refractivity contribution in [3.05, 3.63) is 22.7 Å². The molecule has 34 heavy (non-hydrogen) atoms. The number of aromatic hydroxyl groups is 2. The summed E-state index contributed by atoms with van der Waals surface area (Å²) in [6.07, 6.45) is 2.59. The third-order valence-corrected chi connectivity index (χ3v) is 7.54. The van der Waals surface area contributed by atoms with Crippen LogP contribution in [0.1, 0.15) is 43.5 Å². The summed E-state index contributed by atoms with van der Waals surface area (Å²) in [5, 5.41) is 22.9. The largest absolute Gasteiger partial charge is 0.504 e. The lowest BCUT2D eigenvalue weighted by Crippen LogP contribution is -2.58. The number of phenolic OH excluding ortho intramolecular Hbond substituents is 2. The van der Waals surface area contributed by atoms with E-state index >= 15 is 0 Å². The van der Waals surface area contributed by atoms with Crippen LogP contribution in [0.3, 0.4) is 0 Å². The van der Waals surface area contributed by atoms with E-state index in [4.69, 9.17) is 11.6 Å². The molecule has 13 heteroatoms. The zero-order chi connectivity index (χ0) is 25.2. The fraction of sp³-hybridized carbons (Fsp3) is 0.524. The monoisotopic (exact) mass is 514 g/mol. The van der Waals surface area contributed by atoms with E-state index in [0.29, 0.717) is 25.8 Å². The molecule has 186 valence electrons. The van der Waals surface area contributed by atoms with Gasteiger partial charge in [-0.25, -0.2) is 9.63 Å². The molecule has 2 aliphatic heterocycles. The third-order valence-electron chi connectivity index (χ3n) is 6.12. The summed E-state index contributed by atoms with van der Waals surface area (Å²) < 4.78 is 20.3. The number of nitrogens with one attached hydrogen (secondary N) is 1. The molecular weight excluding hydrogens is 488 g/mol. The summed E-state index contributed by atoms with van der Waals surface area (Å²) in [6.45, 7) is 3.76. The molecule has 0 aromatic heterocycles. The first-order valence-electron chi connectivity index (χ1n) is 10.7. The summed E-state index contributed by atoms with van der Waals surface area (Å²) >= 11 is 3.65. The van der Waals surface area contributed by atoms with Crippen molar-refractivity contribution >= 4 is 46.6 Å². The summed E-state index contributed by atoms with van der Waals surface area (Å²) in [7, 11) is 0. The fourth-order valence-corrected chi connectivity index (χ4v) is 4.56. The number of hydrogen-bond acceptors (Lipinski definition) is 7. The van der Waals surface area contributed by atoms with Gasteiger partial charge in [0.2, 0.25) is 11.8 Å². The number of hydrogen-bond donors (Lipinski definition) is 4. The Hall–Kier alpha value is -2.70. The number of β-lactam (4-membered cyclic amide) rings is 1. The fourth-order valence-electron chi connectivity index (χ4n) is 3.93. The standard InChI is InChI=1S/C21H27ClN4O7S/c1-12-8-16(28)26(12)11-21(2,34(32)33)10-23-24-19(30)13-4-3-7-25(9-13)20(31)14-5-6-15(27)18(29)17(14)22/h5-6,10,12-13,27,29H,3-4,7-9,11H2,1-2H3,(H,24,30)(H,32,33)/b23-10+/t12-,13?,21+/m1/s1. The van der Waals surface area contributed by atoms with Gasteiger partial charge in [-0.1, -0.05) is 11.6 Å². The number of piperidine rings is 1. The molecule has 4 atom stereocenters. The van der Waals surface area contributed by atoms with E-state index in [2.05, 4.69) is 10.5 Å². The zero-order valence-electron chi connectivity index (χ0n) is 18.7. The molecule has 0 bridgehead atoms. The molecule has 0 radical (unpaired) electrons. The molecule has 2 heterocycles. The number of phenols is 2. The highest BCUT2D eigenvalue weighted by Gasteiger charge is 2.41. The highest BCUT2D eigenvalue weighted by Crippen LogP contribution is 2.36. The second-order valence-corrected chi connectivity index (χ2v) is 10.6. The van der Waals surface area contributed by atoms with Crippen LogP contribution in [0.15, 0.2) is 17.2 Å². The van der Waals surface area contributed by atoms with Gasteiger partial charge in [-0.3, -0.25) is 14.4 Å². The quantitative estimate of drug-likeness (QED) is 0.140. The molecule has 3 rings (SSSR count). The van der Waals surface area contributed by atoms with Gasteiger partial charge in [0.1, 0.15) is 4.75 Å². The number of nitrogens with zero attached hydrogens (tertiary/aromatic N) is 3. The molecule has 2 fully saturated rings. The molecule has 0 saturated carbocycles. The Morgan fingerprint density at radius 2 is 2.09 bits per heavy atom. The number of likely N-dealkylation sites (tertiary alicyclic amines) is 2. The van der Waals surface area contributed by atoms with Crippen LogP contribution < -0.4 is 5.43 Å². The Kier molecular flexibility index (Phi) is 7.84. The molecule has 1 aromatic rings. The van der Waals surface area contributed by atoms with Crippen LogP contribution in [0, 0.1) is 5.92 Å². The third kappa shape index (κ3) is 5.34. The van der Waals surface area contributed by atoms with Crippen molar-refractivity contribution in [3.8, 4) is 11.5 Å². The number of rotatable bonds is 7. The van der Waals surface area contributed by atoms with Crippen molar-refractivity contribution in [1.29, 1.82) is 0 Å². The van der Waals surface area contributed by atoms with Gasteiger partial charge in [-0.15, -0.1) is 0 Å². The van der Waals surface area contributed by atoms with Crippen LogP contribution in [-0.2, 0) is 20.7 Å². The minimum absolute atomic E-state index is 0.00649. The predicted molar refractivity (Wildman–Crippen MR) is 125 cm³/mol. The summed E-state index contributed by atoms with van der Waals surface area (Å²) in [5.74, 6) is -2.69. The van der Waals surface area contributed by atoms with Crippen LogP contribution >= 0.6 is 11.6 Å². The van der Waals surface area contributed by atoms with Crippen LogP contribution in [0.4, 0.5) is 0 Å². The number of halogens is 1. The van der Waals surface area contributed by atoms with Gasteiger partial charge in [-0.05, 0) is 38.8 Å². The van der Waals surface area contributed by atoms with Gasteiger partial charge in [0, 0.05) is 38.3 Å². The SMILES string of the molecule is C[C@@H]1CC(=O)N1C[C@](C)(/C=N/NC(=O)C1CCCN(C(=O)c2ccc(O)c(O)c2Cl)C1)S(=O)O. The van der Waals surface area contributed by atoms with Crippen molar-refractivity contribution in [3.63, 3.8) is 0 Å². The molecule has 11 nitrogen and oxygen atoms in total. The minimum Gasteiger partial charge on any atom is -0.504 e. The van der Waals surface area contributed by atoms with E-state index in [9.17, 15) is 33.4 Å². The molecule has 2 aliphatic rings. The predicted octanol–water partition coefficient (Wildman–Crippen LogP) is 1.31. The first-order valence-corrected chi connectivity index (χ1v) is 12.2. The van der Waals surface area contributed by atoms with Gasteiger partial charge < -0.3 is 24.6 Å². The van der Waals surface area contributed by atoms with Crippen molar-refractivity contribution in [2.75, 3.05) is 19.6 Å². The summed E-state index contributed by atoms with van der Waals surface area (Å²) in [5.41, 5.74) is 2.37. The van der Waals surface area contributed by atoms with Gasteiger partial charge in [-0.2, -0.15) is 5.10 Å². The molecule has 0 aliphatic carbocycles. The first kappa shape index (κ1) is 25.9. The number of carbonyl (C=O) groups excluding carboxylic acids is 3. The first-order chi connectivity index (χ1) is 15.9. The van der Waals surface area contributed by atoms with Crippen LogP contribution in [0.2, 0.25) is 5.02 Å². The Balaban J connectivity index is 1.63. The molecule has 4 N–H and O–H groups in total. The highest BCUT2D eigenvalue weighted by atomic mass is 35.5. The number of hydrazone groups is 1. The second kappa shape index (κ2) is 10.3. The molecule has 3 amide bonds. The van der Waals surface area contributed by atoms with Crippen molar-refractivity contribution in [2.45, 2.75) is 43.9 Å². The summed E-state index contributed by atoms with van der Waals surface area (Å²) in [6, 6.07) is 2.43. The lowest BCUT2D eigenvalue weighted by molar-refractivity contribution is -0.145. The van der Waals surface area contributed by atoms with E-state index in [1.165, 1.54) is 22.8 Å². The lowest BCUT2D eigenvalue weighted by atomic mass is 9.96. The Labute approximate surface area is 204 Å². The Bertz CT molecular complexity index is 1050. The second-order valence-electron chi connectivity index (χ2n) is 8.76. The minimum atomic E-state index is -2.34. The normalized spacial score (nSPS) is 23.4. The van der Waals surface area contributed by atoms with Gasteiger partial charge in [0.25, 0.3) is 5.91 Å². The maximum Gasteiger partial charge on any atom is 0.255 e. The van der Waals surface area contributed by atoms with E-state index < -0.39 is 45.1 Å². The number of carbonyl (C=O) groups is 3. The maximum absolute atomic E-state index is 12.9. The van der Waals surface area contributed by atoms with Crippen LogP contribution in [0.5, 0.6) is 11.5 Å². The van der Waals surface area contributed by atoms with E-state index in [1.807, 2.05) is 6.92 Å². The lowest BCUT2D eigenvalue weighted by Gasteiger charge is -2.41. The van der Waals surface area contributed by atoms with Crippen molar-refractivity contribution in [2.24, 2.45) is 11.0 Å². The van der Waals surface area contributed by atoms with Gasteiger partial charge in [0.15, 0.2) is 22.6 Å². The van der Waals surface area contributed by atoms with Crippen molar-refractivity contribution < 1.29 is 33.4 Å². The van der Waals surface area contributed by atoms with Crippen LogP contribution in [-0.4, -0.2) is 83.1 Å². The van der Waals surface area contributed by atoms with Gasteiger partial charge in [0.05, 0.1) is 16.5 Å². The Morgan fingerprint density at radius 3 is 2.71 bits per heavy atom. The summed E-state index contributed by atoms with van der Waals surface area (Å²) in [4.78, 5) is 40.2. The average molecular weight is 515 g/mol. The topological polar surface area (TPSA) is 160 Å². The zero-order valence-corrected chi connectivity index (χ0v) is 20.3. The Morgan fingerprint density at radius 1 is 1.38 bits per heavy atom. The molecule has 2 unspecified atom stereocenters. The smallest absolute Gasteiger partial charge is 0.255 e.